The summed E-state index contributed by atoms with van der Waals surface area (Å²) < 4.78 is 30.8. The number of hydrogen-bond donors (Lipinski definition) is 3. The Morgan fingerprint density at radius 3 is 2.57 bits per heavy atom. The number of benzene rings is 2. The topological polar surface area (TPSA) is 83.7 Å². The largest absolute Gasteiger partial charge is 0.435 e. The first-order valence-electron chi connectivity index (χ1n) is 9.63. The highest BCUT2D eigenvalue weighted by Crippen LogP contribution is 2.19. The Morgan fingerprint density at radius 1 is 1.17 bits per heavy atom. The molecule has 1 aromatic heterocycles. The van der Waals surface area contributed by atoms with Crippen LogP contribution < -0.4 is 15.4 Å². The van der Waals surface area contributed by atoms with Crippen molar-refractivity contribution in [1.29, 1.82) is 0 Å². The van der Waals surface area contributed by atoms with Crippen molar-refractivity contribution in [2.45, 2.75) is 26.2 Å². The van der Waals surface area contributed by atoms with Gasteiger partial charge in [0, 0.05) is 20.1 Å². The third-order valence-electron chi connectivity index (χ3n) is 4.56. The molecule has 7 nitrogen and oxygen atoms in total. The molecule has 0 spiro atoms. The molecule has 0 bridgehead atoms. The fraction of sp³-hybridized carbons (Fsp3) is 0.333. The lowest BCUT2D eigenvalue weighted by molar-refractivity contribution is -0.0498. The quantitative estimate of drug-likeness (QED) is 0.388. The number of aliphatic imine (C=N–C) groups is 1. The van der Waals surface area contributed by atoms with Gasteiger partial charge in [-0.3, -0.25) is 0 Å². The van der Waals surface area contributed by atoms with Gasteiger partial charge in [-0.1, -0.05) is 24.3 Å². The van der Waals surface area contributed by atoms with E-state index in [0.29, 0.717) is 24.6 Å². The Balaban J connectivity index is 1.62. The third kappa shape index (κ3) is 5.44. The number of imidazole rings is 1. The highest BCUT2D eigenvalue weighted by Gasteiger charge is 2.11. The molecule has 3 N–H and O–H groups in total. The van der Waals surface area contributed by atoms with Crippen LogP contribution in [0.3, 0.4) is 0 Å². The highest BCUT2D eigenvalue weighted by molar-refractivity contribution is 5.80. The molecule has 1 atom stereocenters. The minimum Gasteiger partial charge on any atom is -0.435 e. The molecule has 1 heterocycles. The first-order valence-corrected chi connectivity index (χ1v) is 9.63. The van der Waals surface area contributed by atoms with Crippen molar-refractivity contribution in [2.24, 2.45) is 12.0 Å². The smallest absolute Gasteiger partial charge is 0.387 e. The maximum Gasteiger partial charge on any atom is 0.387 e. The van der Waals surface area contributed by atoms with Gasteiger partial charge >= 0.3 is 6.61 Å². The first-order chi connectivity index (χ1) is 14.5. The fourth-order valence-electron chi connectivity index (χ4n) is 3.01. The zero-order valence-corrected chi connectivity index (χ0v) is 16.8. The fourth-order valence-corrected chi connectivity index (χ4v) is 3.01. The summed E-state index contributed by atoms with van der Waals surface area (Å²) in [6.45, 7) is 0.298. The van der Waals surface area contributed by atoms with Gasteiger partial charge in [0.15, 0.2) is 5.96 Å². The van der Waals surface area contributed by atoms with Gasteiger partial charge in [0.1, 0.15) is 18.1 Å². The van der Waals surface area contributed by atoms with Crippen LogP contribution in [-0.4, -0.2) is 40.3 Å². The average molecular weight is 417 g/mol. The molecule has 0 saturated heterocycles. The minimum absolute atomic E-state index is 0.0475. The number of guanidine groups is 1. The van der Waals surface area contributed by atoms with Crippen LogP contribution >= 0.6 is 0 Å². The predicted molar refractivity (Wildman–Crippen MR) is 112 cm³/mol. The van der Waals surface area contributed by atoms with Crippen molar-refractivity contribution in [1.82, 2.24) is 20.2 Å². The van der Waals surface area contributed by atoms with Crippen LogP contribution in [0.1, 0.15) is 24.4 Å². The molecule has 9 heteroatoms. The summed E-state index contributed by atoms with van der Waals surface area (Å²) in [5.41, 5.74) is 2.53. The third-order valence-corrected chi connectivity index (χ3v) is 4.56. The number of aryl methyl sites for hydroxylation is 1. The van der Waals surface area contributed by atoms with Crippen molar-refractivity contribution in [3.63, 3.8) is 0 Å². The molecule has 0 fully saturated rings. The lowest BCUT2D eigenvalue weighted by Crippen LogP contribution is -2.39. The van der Waals surface area contributed by atoms with Gasteiger partial charge in [-0.25, -0.2) is 9.98 Å². The van der Waals surface area contributed by atoms with E-state index in [0.717, 1.165) is 16.9 Å². The number of hydrogen-bond acceptors (Lipinski definition) is 4. The number of ether oxygens (including phenoxy) is 1. The van der Waals surface area contributed by atoms with Crippen molar-refractivity contribution in [2.75, 3.05) is 13.1 Å². The van der Waals surface area contributed by atoms with Crippen LogP contribution in [-0.2, 0) is 13.6 Å². The number of para-hydroxylation sites is 2. The molecule has 0 aliphatic carbocycles. The summed E-state index contributed by atoms with van der Waals surface area (Å²) in [6, 6.07) is 13.8. The van der Waals surface area contributed by atoms with Gasteiger partial charge in [0.25, 0.3) is 0 Å². The second-order valence-corrected chi connectivity index (χ2v) is 6.62. The van der Waals surface area contributed by atoms with Gasteiger partial charge in [-0.15, -0.1) is 0 Å². The normalized spacial score (nSPS) is 12.9. The summed E-state index contributed by atoms with van der Waals surface area (Å²) in [5, 5.41) is 16.6. The Labute approximate surface area is 173 Å². The van der Waals surface area contributed by atoms with Crippen LogP contribution in [0.15, 0.2) is 53.5 Å². The van der Waals surface area contributed by atoms with Crippen molar-refractivity contribution in [3.8, 4) is 5.75 Å². The van der Waals surface area contributed by atoms with E-state index in [9.17, 15) is 13.9 Å². The first kappa shape index (κ1) is 21.5. The zero-order chi connectivity index (χ0) is 21.5. The van der Waals surface area contributed by atoms with Crippen molar-refractivity contribution in [3.05, 3.63) is 59.9 Å². The van der Waals surface area contributed by atoms with Crippen LogP contribution in [0.25, 0.3) is 11.0 Å². The number of nitrogens with one attached hydrogen (secondary N) is 2. The van der Waals surface area contributed by atoms with E-state index in [2.05, 4.69) is 25.3 Å². The summed E-state index contributed by atoms with van der Waals surface area (Å²) in [6.07, 6.45) is -0.842. The number of halogens is 2. The standard InChI is InChI=1S/C21H25F2N5O2/c1-3-24-21(26-13-19-27-16-6-4-5-7-17(16)28(19)2)25-12-18(29)14-8-10-15(11-9-14)30-20(22)23/h4-11,18,20,29H,3,12-13H2,1-2H3,(H2,24,25,26). The van der Waals surface area contributed by atoms with Gasteiger partial charge in [0.2, 0.25) is 0 Å². The molecule has 0 aliphatic heterocycles. The number of fused-ring (bicyclic) bond motifs is 1. The Bertz CT molecular complexity index is 989. The van der Waals surface area contributed by atoms with Gasteiger partial charge in [0.05, 0.1) is 17.1 Å². The number of rotatable bonds is 8. The van der Waals surface area contributed by atoms with E-state index >= 15 is 0 Å². The molecular weight excluding hydrogens is 392 g/mol. The molecule has 30 heavy (non-hydrogen) atoms. The van der Waals surface area contributed by atoms with E-state index < -0.39 is 12.7 Å². The molecule has 2 aromatic carbocycles. The van der Waals surface area contributed by atoms with Gasteiger partial charge in [-0.2, -0.15) is 8.78 Å². The van der Waals surface area contributed by atoms with E-state index in [1.54, 1.807) is 12.1 Å². The Morgan fingerprint density at radius 2 is 1.90 bits per heavy atom. The van der Waals surface area contributed by atoms with Crippen LogP contribution in [0.4, 0.5) is 8.78 Å². The summed E-state index contributed by atoms with van der Waals surface area (Å²) in [4.78, 5) is 9.15. The molecule has 0 amide bonds. The van der Waals surface area contributed by atoms with Crippen LogP contribution in [0, 0.1) is 0 Å². The van der Waals surface area contributed by atoms with E-state index in [1.165, 1.54) is 12.1 Å². The number of aliphatic hydroxyl groups is 1. The number of aromatic nitrogens is 2. The SMILES string of the molecule is CCNC(=NCc1nc2ccccc2n1C)NCC(O)c1ccc(OC(F)F)cc1. The van der Waals surface area contributed by atoms with E-state index in [1.807, 2.05) is 42.8 Å². The van der Waals surface area contributed by atoms with E-state index in [-0.39, 0.29) is 12.3 Å². The van der Waals surface area contributed by atoms with Crippen molar-refractivity contribution >= 4 is 17.0 Å². The second kappa shape index (κ2) is 10.0. The second-order valence-electron chi connectivity index (χ2n) is 6.62. The number of alkyl halides is 2. The molecule has 0 aliphatic rings. The maximum absolute atomic E-state index is 12.2. The molecule has 0 radical (unpaired) electrons. The lowest BCUT2D eigenvalue weighted by atomic mass is 10.1. The predicted octanol–water partition coefficient (Wildman–Crippen LogP) is 2.96. The molecule has 0 saturated carbocycles. The molecule has 160 valence electrons. The molecular formula is C21H25F2N5O2. The van der Waals surface area contributed by atoms with E-state index in [4.69, 9.17) is 0 Å². The summed E-state index contributed by atoms with van der Waals surface area (Å²) in [5.74, 6) is 1.41. The molecule has 3 aromatic rings. The zero-order valence-electron chi connectivity index (χ0n) is 16.8. The average Bonchev–Trinajstić information content (AvgIpc) is 3.06. The summed E-state index contributed by atoms with van der Waals surface area (Å²) in [7, 11) is 1.95. The van der Waals surface area contributed by atoms with Gasteiger partial charge in [-0.05, 0) is 36.8 Å². The summed E-state index contributed by atoms with van der Waals surface area (Å²) >= 11 is 0. The maximum atomic E-state index is 12.2. The number of nitrogens with zero attached hydrogens (tertiary/aromatic N) is 3. The van der Waals surface area contributed by atoms with Gasteiger partial charge < -0.3 is 25.0 Å². The monoisotopic (exact) mass is 417 g/mol. The molecule has 3 rings (SSSR count). The lowest BCUT2D eigenvalue weighted by Gasteiger charge is -2.16. The van der Waals surface area contributed by atoms with Crippen LogP contribution in [0.5, 0.6) is 5.75 Å². The number of aliphatic hydroxyl groups excluding tert-OH is 1. The van der Waals surface area contributed by atoms with Crippen LogP contribution in [0.2, 0.25) is 0 Å². The molecule has 1 unspecified atom stereocenters. The van der Waals surface area contributed by atoms with Crippen molar-refractivity contribution < 1.29 is 18.6 Å². The Hall–Kier alpha value is -3.20. The minimum atomic E-state index is -2.88. The highest BCUT2D eigenvalue weighted by atomic mass is 19.3. The Kier molecular flexibility index (Phi) is 7.18.